The number of carbonyl (C=O) groups is 1. The van der Waals surface area contributed by atoms with E-state index in [2.05, 4.69) is 0 Å². The number of fused-ring (bicyclic) bond motifs is 1. The summed E-state index contributed by atoms with van der Waals surface area (Å²) in [6.07, 6.45) is 7.87. The fourth-order valence-corrected chi connectivity index (χ4v) is 5.20. The number of amides is 1. The molecule has 3 unspecified atom stereocenters. The summed E-state index contributed by atoms with van der Waals surface area (Å²) in [7, 11) is 3.26. The predicted molar refractivity (Wildman–Crippen MR) is 121 cm³/mol. The maximum absolute atomic E-state index is 13.3. The van der Waals surface area contributed by atoms with Crippen LogP contribution in [0.2, 0.25) is 0 Å². The molecule has 1 aliphatic carbocycles. The average Bonchev–Trinajstić information content (AvgIpc) is 2.81. The number of nitrogens with zero attached hydrogens (tertiary/aromatic N) is 1. The first-order valence-electron chi connectivity index (χ1n) is 11.0. The summed E-state index contributed by atoms with van der Waals surface area (Å²) in [4.78, 5) is 15.3. The molecule has 164 valence electrons. The summed E-state index contributed by atoms with van der Waals surface area (Å²) in [6.45, 7) is 0.519. The van der Waals surface area contributed by atoms with Gasteiger partial charge in [-0.05, 0) is 43.0 Å². The molecule has 1 heterocycles. The van der Waals surface area contributed by atoms with Crippen molar-refractivity contribution in [1.29, 1.82) is 0 Å². The Morgan fingerprint density at radius 3 is 2.65 bits per heavy atom. The Morgan fingerprint density at radius 1 is 1.10 bits per heavy atom. The van der Waals surface area contributed by atoms with Gasteiger partial charge in [-0.15, -0.1) is 0 Å². The van der Waals surface area contributed by atoms with E-state index in [4.69, 9.17) is 9.47 Å². The van der Waals surface area contributed by atoms with Gasteiger partial charge in [0.25, 0.3) is 0 Å². The summed E-state index contributed by atoms with van der Waals surface area (Å²) in [5.41, 5.74) is 1.17. The fourth-order valence-electron chi connectivity index (χ4n) is 5.20. The SMILES string of the molecule is COc1ccc(C2C3CCCCC3(O)CCN2C(=O)/C=C/c2ccccc2)c(OC)c1. The monoisotopic (exact) mass is 421 g/mol. The number of piperidine rings is 1. The second-order valence-electron chi connectivity index (χ2n) is 8.53. The van der Waals surface area contributed by atoms with Gasteiger partial charge in [0, 0.05) is 30.2 Å². The van der Waals surface area contributed by atoms with Crippen LogP contribution in [-0.4, -0.2) is 42.3 Å². The van der Waals surface area contributed by atoms with Gasteiger partial charge in [-0.3, -0.25) is 4.79 Å². The first-order valence-corrected chi connectivity index (χ1v) is 11.0. The van der Waals surface area contributed by atoms with Gasteiger partial charge in [0.15, 0.2) is 0 Å². The zero-order valence-corrected chi connectivity index (χ0v) is 18.3. The summed E-state index contributed by atoms with van der Waals surface area (Å²) in [6, 6.07) is 15.3. The minimum Gasteiger partial charge on any atom is -0.497 e. The van der Waals surface area contributed by atoms with Gasteiger partial charge in [0.05, 0.1) is 25.9 Å². The minimum atomic E-state index is -0.742. The van der Waals surface area contributed by atoms with E-state index in [-0.39, 0.29) is 17.9 Å². The first-order chi connectivity index (χ1) is 15.1. The molecule has 2 aromatic carbocycles. The zero-order valence-electron chi connectivity index (χ0n) is 18.3. The smallest absolute Gasteiger partial charge is 0.247 e. The van der Waals surface area contributed by atoms with E-state index in [1.54, 1.807) is 20.3 Å². The van der Waals surface area contributed by atoms with Crippen molar-refractivity contribution in [2.24, 2.45) is 5.92 Å². The van der Waals surface area contributed by atoms with E-state index < -0.39 is 5.60 Å². The van der Waals surface area contributed by atoms with Gasteiger partial charge in [-0.25, -0.2) is 0 Å². The lowest BCUT2D eigenvalue weighted by Gasteiger charge is -2.52. The number of rotatable bonds is 5. The molecule has 2 aliphatic rings. The van der Waals surface area contributed by atoms with E-state index in [9.17, 15) is 9.90 Å². The normalized spacial score (nSPS) is 25.8. The van der Waals surface area contributed by atoms with E-state index >= 15 is 0 Å². The van der Waals surface area contributed by atoms with Crippen LogP contribution < -0.4 is 9.47 Å². The maximum atomic E-state index is 13.3. The first kappa shape index (κ1) is 21.4. The topological polar surface area (TPSA) is 59.0 Å². The van der Waals surface area contributed by atoms with Crippen molar-refractivity contribution in [2.75, 3.05) is 20.8 Å². The molecule has 4 rings (SSSR count). The molecule has 2 fully saturated rings. The Balaban J connectivity index is 1.72. The molecule has 1 amide bonds. The number of ether oxygens (including phenoxy) is 2. The maximum Gasteiger partial charge on any atom is 0.247 e. The standard InChI is InChI=1S/C26H31NO4/c1-30-20-12-13-21(23(18-20)31-2)25-22-10-6-7-15-26(22,29)16-17-27(25)24(28)14-11-19-8-4-3-5-9-19/h3-5,8-9,11-14,18,22,25,29H,6-7,10,15-17H2,1-2H3/b14-11+. The van der Waals surface area contributed by atoms with Crippen molar-refractivity contribution in [3.05, 3.63) is 65.7 Å². The summed E-state index contributed by atoms with van der Waals surface area (Å²) in [5.74, 6) is 1.33. The van der Waals surface area contributed by atoms with Gasteiger partial charge < -0.3 is 19.5 Å². The molecule has 1 saturated carbocycles. The van der Waals surface area contributed by atoms with Crippen LogP contribution in [0.15, 0.2) is 54.6 Å². The van der Waals surface area contributed by atoms with Gasteiger partial charge >= 0.3 is 0 Å². The quantitative estimate of drug-likeness (QED) is 0.716. The average molecular weight is 422 g/mol. The highest BCUT2D eigenvalue weighted by Gasteiger charge is 2.50. The van der Waals surface area contributed by atoms with Crippen molar-refractivity contribution >= 4 is 12.0 Å². The molecular weight excluding hydrogens is 390 g/mol. The number of benzene rings is 2. The van der Waals surface area contributed by atoms with E-state index in [1.165, 1.54) is 0 Å². The number of likely N-dealkylation sites (tertiary alicyclic amines) is 1. The molecule has 1 saturated heterocycles. The largest absolute Gasteiger partial charge is 0.497 e. The van der Waals surface area contributed by atoms with Gasteiger partial charge in [-0.1, -0.05) is 43.2 Å². The highest BCUT2D eigenvalue weighted by Crippen LogP contribution is 2.51. The Bertz CT molecular complexity index is 942. The highest BCUT2D eigenvalue weighted by atomic mass is 16.5. The lowest BCUT2D eigenvalue weighted by Crippen LogP contribution is -2.56. The summed E-state index contributed by atoms with van der Waals surface area (Å²) in [5, 5.41) is 11.5. The second-order valence-corrected chi connectivity index (χ2v) is 8.53. The van der Waals surface area contributed by atoms with Crippen molar-refractivity contribution in [2.45, 2.75) is 43.7 Å². The van der Waals surface area contributed by atoms with E-state index in [1.807, 2.05) is 59.5 Å². The van der Waals surface area contributed by atoms with Crippen LogP contribution in [0.4, 0.5) is 0 Å². The Kier molecular flexibility index (Phi) is 6.33. The predicted octanol–water partition coefficient (Wildman–Crippen LogP) is 4.61. The molecule has 5 nitrogen and oxygen atoms in total. The lowest BCUT2D eigenvalue weighted by molar-refractivity contribution is -0.151. The minimum absolute atomic E-state index is 0.0219. The molecule has 0 bridgehead atoms. The van der Waals surface area contributed by atoms with Gasteiger partial charge in [0.1, 0.15) is 11.5 Å². The zero-order chi connectivity index (χ0) is 21.8. The summed E-state index contributed by atoms with van der Waals surface area (Å²) < 4.78 is 11.1. The third kappa shape index (κ3) is 4.33. The molecule has 0 radical (unpaired) electrons. The fraction of sp³-hybridized carbons (Fsp3) is 0.423. The van der Waals surface area contributed by atoms with E-state index in [0.717, 1.165) is 36.8 Å². The molecule has 1 aliphatic heterocycles. The molecular formula is C26H31NO4. The highest BCUT2D eigenvalue weighted by molar-refractivity contribution is 5.92. The van der Waals surface area contributed by atoms with Gasteiger partial charge in [-0.2, -0.15) is 0 Å². The van der Waals surface area contributed by atoms with Crippen LogP contribution in [-0.2, 0) is 4.79 Å². The number of methoxy groups -OCH3 is 2. The second kappa shape index (κ2) is 9.15. The molecule has 5 heteroatoms. The third-order valence-electron chi connectivity index (χ3n) is 6.83. The van der Waals surface area contributed by atoms with Crippen molar-refractivity contribution < 1.29 is 19.4 Å². The molecule has 0 spiro atoms. The van der Waals surface area contributed by atoms with Crippen LogP contribution in [0, 0.1) is 5.92 Å². The molecule has 1 N–H and O–H groups in total. The van der Waals surface area contributed by atoms with Crippen LogP contribution in [0.1, 0.15) is 49.3 Å². The van der Waals surface area contributed by atoms with Crippen LogP contribution >= 0.6 is 0 Å². The molecule has 2 aromatic rings. The number of hydrogen-bond donors (Lipinski definition) is 1. The Labute approximate surface area is 184 Å². The van der Waals surface area contributed by atoms with Crippen LogP contribution in [0.5, 0.6) is 11.5 Å². The van der Waals surface area contributed by atoms with Crippen molar-refractivity contribution in [3.8, 4) is 11.5 Å². The Morgan fingerprint density at radius 2 is 1.90 bits per heavy atom. The summed E-state index contributed by atoms with van der Waals surface area (Å²) >= 11 is 0. The lowest BCUT2D eigenvalue weighted by atomic mass is 9.66. The van der Waals surface area contributed by atoms with E-state index in [0.29, 0.717) is 24.5 Å². The number of carbonyl (C=O) groups excluding carboxylic acids is 1. The number of hydrogen-bond acceptors (Lipinski definition) is 4. The molecule has 3 atom stereocenters. The number of aliphatic hydroxyl groups is 1. The van der Waals surface area contributed by atoms with Crippen molar-refractivity contribution in [3.63, 3.8) is 0 Å². The van der Waals surface area contributed by atoms with Crippen LogP contribution in [0.3, 0.4) is 0 Å². The van der Waals surface area contributed by atoms with Crippen LogP contribution in [0.25, 0.3) is 6.08 Å². The third-order valence-corrected chi connectivity index (χ3v) is 6.83. The molecule has 31 heavy (non-hydrogen) atoms. The molecule has 0 aromatic heterocycles. The Hall–Kier alpha value is -2.79. The van der Waals surface area contributed by atoms with Crippen molar-refractivity contribution in [1.82, 2.24) is 4.90 Å². The van der Waals surface area contributed by atoms with Gasteiger partial charge in [0.2, 0.25) is 5.91 Å².